The van der Waals surface area contributed by atoms with Gasteiger partial charge in [-0.2, -0.15) is 0 Å². The van der Waals surface area contributed by atoms with Crippen molar-refractivity contribution in [2.75, 3.05) is 0 Å². The maximum Gasteiger partial charge on any atom is 0.160 e. The van der Waals surface area contributed by atoms with Gasteiger partial charge >= 0.3 is 0 Å². The van der Waals surface area contributed by atoms with Gasteiger partial charge in [-0.25, -0.2) is 0 Å². The van der Waals surface area contributed by atoms with Gasteiger partial charge in [0.05, 0.1) is 6.10 Å². The van der Waals surface area contributed by atoms with E-state index >= 15 is 0 Å². The lowest BCUT2D eigenvalue weighted by molar-refractivity contribution is -0.219. The Morgan fingerprint density at radius 3 is 2.92 bits per heavy atom. The molecule has 0 bridgehead atoms. The molecule has 0 aromatic rings. The second-order valence-corrected chi connectivity index (χ2v) is 4.51. The topological polar surface area (TPSA) is 18.5 Å². The summed E-state index contributed by atoms with van der Waals surface area (Å²) >= 11 is 2.31. The zero-order valence-electron chi connectivity index (χ0n) is 7.83. The third-order valence-electron chi connectivity index (χ3n) is 2.07. The van der Waals surface area contributed by atoms with E-state index in [1.54, 1.807) is 0 Å². The Balaban J connectivity index is 2.34. The summed E-state index contributed by atoms with van der Waals surface area (Å²) in [5, 5.41) is 0. The summed E-state index contributed by atoms with van der Waals surface area (Å²) in [6.45, 7) is 2.14. The molecule has 0 amide bonds. The molecule has 74 valence electrons. The van der Waals surface area contributed by atoms with Gasteiger partial charge in [0.1, 0.15) is 4.11 Å². The van der Waals surface area contributed by atoms with Gasteiger partial charge < -0.3 is 9.47 Å². The highest BCUT2D eigenvalue weighted by Gasteiger charge is 2.26. The van der Waals surface area contributed by atoms with Crippen LogP contribution in [0.2, 0.25) is 0 Å². The molecule has 0 saturated carbocycles. The first-order chi connectivity index (χ1) is 6.26. The van der Waals surface area contributed by atoms with Crippen molar-refractivity contribution in [3.63, 3.8) is 0 Å². The zero-order chi connectivity index (χ0) is 9.68. The Morgan fingerprint density at radius 1 is 1.54 bits per heavy atom. The molecule has 0 radical (unpaired) electrons. The van der Waals surface area contributed by atoms with Crippen molar-refractivity contribution >= 4 is 22.6 Å². The molecule has 1 heterocycles. The van der Waals surface area contributed by atoms with Crippen LogP contribution in [-0.4, -0.2) is 16.5 Å². The van der Waals surface area contributed by atoms with Crippen LogP contribution in [0.5, 0.6) is 0 Å². The molecule has 2 nitrogen and oxygen atoms in total. The van der Waals surface area contributed by atoms with E-state index in [9.17, 15) is 0 Å². The summed E-state index contributed by atoms with van der Waals surface area (Å²) in [6, 6.07) is 0. The number of rotatable bonds is 3. The lowest BCUT2D eigenvalue weighted by Crippen LogP contribution is -2.35. The highest BCUT2D eigenvalue weighted by molar-refractivity contribution is 14.1. The van der Waals surface area contributed by atoms with Crippen molar-refractivity contribution in [1.29, 1.82) is 0 Å². The molecular weight excluding hydrogens is 279 g/mol. The largest absolute Gasteiger partial charge is 0.349 e. The third kappa shape index (κ3) is 3.84. The van der Waals surface area contributed by atoms with Gasteiger partial charge in [-0.1, -0.05) is 29.5 Å². The second-order valence-electron chi connectivity index (χ2n) is 3.12. The summed E-state index contributed by atoms with van der Waals surface area (Å²) < 4.78 is 11.6. The second kappa shape index (κ2) is 5.84. The molecule has 1 fully saturated rings. The van der Waals surface area contributed by atoms with Crippen molar-refractivity contribution in [1.82, 2.24) is 0 Å². The van der Waals surface area contributed by atoms with Crippen LogP contribution in [0.15, 0.2) is 0 Å². The molecule has 0 aromatic heterocycles. The monoisotopic (exact) mass is 294 g/mol. The molecule has 0 aromatic carbocycles. The molecule has 3 unspecified atom stereocenters. The first-order valence-corrected chi connectivity index (χ1v) is 5.89. The van der Waals surface area contributed by atoms with Gasteiger partial charge in [0.25, 0.3) is 0 Å². The minimum Gasteiger partial charge on any atom is -0.349 e. The first-order valence-electron chi connectivity index (χ1n) is 4.64. The van der Waals surface area contributed by atoms with Gasteiger partial charge in [0.15, 0.2) is 6.29 Å². The smallest absolute Gasteiger partial charge is 0.160 e. The number of halogens is 1. The van der Waals surface area contributed by atoms with Gasteiger partial charge in [0.2, 0.25) is 0 Å². The van der Waals surface area contributed by atoms with Crippen LogP contribution < -0.4 is 0 Å². The van der Waals surface area contributed by atoms with E-state index in [-0.39, 0.29) is 10.4 Å². The summed E-state index contributed by atoms with van der Waals surface area (Å²) in [7, 11) is 0. The quantitative estimate of drug-likeness (QED) is 0.453. The summed E-state index contributed by atoms with van der Waals surface area (Å²) in [5.41, 5.74) is 0. The van der Waals surface area contributed by atoms with E-state index in [4.69, 9.17) is 15.9 Å². The van der Waals surface area contributed by atoms with Crippen molar-refractivity contribution in [2.24, 2.45) is 0 Å². The maximum absolute atomic E-state index is 5.69. The molecule has 13 heavy (non-hydrogen) atoms. The predicted molar refractivity (Wildman–Crippen MR) is 60.5 cm³/mol. The minimum atomic E-state index is -0.0864. The van der Waals surface area contributed by atoms with E-state index in [2.05, 4.69) is 35.4 Å². The van der Waals surface area contributed by atoms with Crippen LogP contribution in [0.25, 0.3) is 0 Å². The number of terminal acetylenes is 1. The Kier molecular flexibility index (Phi) is 5.07. The summed E-state index contributed by atoms with van der Waals surface area (Å²) in [4.78, 5) is 0. The number of hydrogen-bond donors (Lipinski definition) is 0. The van der Waals surface area contributed by atoms with Crippen molar-refractivity contribution in [2.45, 2.75) is 49.1 Å². The fraction of sp³-hybridized carbons (Fsp3) is 0.800. The van der Waals surface area contributed by atoms with E-state index in [1.165, 1.54) is 0 Å². The average molecular weight is 294 g/mol. The normalized spacial score (nSPS) is 34.1. The van der Waals surface area contributed by atoms with Crippen LogP contribution in [0.1, 0.15) is 32.6 Å². The van der Waals surface area contributed by atoms with Crippen molar-refractivity contribution in [3.05, 3.63) is 0 Å². The van der Waals surface area contributed by atoms with E-state index in [0.29, 0.717) is 6.10 Å². The molecule has 3 atom stereocenters. The van der Waals surface area contributed by atoms with E-state index in [1.807, 2.05) is 0 Å². The molecule has 0 spiro atoms. The Labute approximate surface area is 93.5 Å². The van der Waals surface area contributed by atoms with Gasteiger partial charge in [-0.15, -0.1) is 12.3 Å². The highest BCUT2D eigenvalue weighted by atomic mass is 127. The van der Waals surface area contributed by atoms with Crippen molar-refractivity contribution in [3.8, 4) is 12.3 Å². The molecule has 1 rings (SSSR count). The number of hydrogen-bond acceptors (Lipinski definition) is 2. The summed E-state index contributed by atoms with van der Waals surface area (Å²) in [5.74, 6) is 2.60. The Bertz CT molecular complexity index is 188. The lowest BCUT2D eigenvalue weighted by atomic mass is 10.2. The molecular formula is C10H15IO2. The van der Waals surface area contributed by atoms with E-state index in [0.717, 1.165) is 25.7 Å². The average Bonchev–Trinajstić information content (AvgIpc) is 2.14. The zero-order valence-corrected chi connectivity index (χ0v) is 9.99. The van der Waals surface area contributed by atoms with Crippen LogP contribution in [-0.2, 0) is 9.47 Å². The maximum atomic E-state index is 5.69. The standard InChI is InChI=1S/C10H15IO2/c1-3-5-6-10-12-8(4-2)7-9(11)13-10/h1,8-10H,4-7H2,2H3. The first kappa shape index (κ1) is 11.3. The number of alkyl halides is 1. The molecule has 0 N–H and O–H groups in total. The van der Waals surface area contributed by atoms with Gasteiger partial charge in [-0.05, 0) is 6.42 Å². The SMILES string of the molecule is C#CCCC1OC(I)CC(CC)O1. The predicted octanol–water partition coefficient (Wildman–Crippen LogP) is 2.70. The number of ether oxygens (including phenoxy) is 2. The highest BCUT2D eigenvalue weighted by Crippen LogP contribution is 2.26. The fourth-order valence-electron chi connectivity index (χ4n) is 1.33. The molecule has 1 aliphatic heterocycles. The van der Waals surface area contributed by atoms with Gasteiger partial charge in [-0.3, -0.25) is 0 Å². The molecule has 0 aliphatic carbocycles. The van der Waals surface area contributed by atoms with Crippen LogP contribution in [0.3, 0.4) is 0 Å². The fourth-order valence-corrected chi connectivity index (χ4v) is 2.22. The molecule has 1 aliphatic rings. The Morgan fingerprint density at radius 2 is 2.31 bits per heavy atom. The minimum absolute atomic E-state index is 0.0864. The van der Waals surface area contributed by atoms with Crippen molar-refractivity contribution < 1.29 is 9.47 Å². The van der Waals surface area contributed by atoms with Crippen LogP contribution >= 0.6 is 22.6 Å². The van der Waals surface area contributed by atoms with Crippen LogP contribution in [0.4, 0.5) is 0 Å². The van der Waals surface area contributed by atoms with Crippen LogP contribution in [0, 0.1) is 12.3 Å². The Hall–Kier alpha value is 0.210. The molecule has 3 heteroatoms. The molecule has 1 saturated heterocycles. The summed E-state index contributed by atoms with van der Waals surface area (Å²) in [6.07, 6.45) is 9.02. The third-order valence-corrected chi connectivity index (χ3v) is 2.87. The van der Waals surface area contributed by atoms with E-state index < -0.39 is 0 Å². The van der Waals surface area contributed by atoms with Gasteiger partial charge in [0, 0.05) is 19.3 Å². The lowest BCUT2D eigenvalue weighted by Gasteiger charge is -2.32.